The summed E-state index contributed by atoms with van der Waals surface area (Å²) >= 11 is 0. The monoisotopic (exact) mass is 184 g/mol. The van der Waals surface area contributed by atoms with E-state index < -0.39 is 12.1 Å². The second-order valence-electron chi connectivity index (χ2n) is 2.92. The fraction of sp³-hybridized carbons (Fsp3) is 0.444. The Labute approximate surface area is 76.6 Å². The van der Waals surface area contributed by atoms with Crippen molar-refractivity contribution in [2.24, 2.45) is 0 Å². The van der Waals surface area contributed by atoms with E-state index in [1.807, 2.05) is 0 Å². The van der Waals surface area contributed by atoms with Crippen LogP contribution in [0.4, 0.5) is 4.39 Å². The van der Waals surface area contributed by atoms with E-state index in [0.717, 1.165) is 0 Å². The van der Waals surface area contributed by atoms with Crippen molar-refractivity contribution in [3.05, 3.63) is 29.3 Å². The van der Waals surface area contributed by atoms with E-state index in [-0.39, 0.29) is 0 Å². The molecule has 0 aliphatic heterocycles. The number of hydrogen-bond acceptors (Lipinski definition) is 3. The molecule has 3 nitrogen and oxygen atoms in total. The maximum absolute atomic E-state index is 13.0. The topological polar surface area (TPSA) is 45.1 Å². The number of hydrogen-bond donors (Lipinski definition) is 2. The molecule has 0 saturated heterocycles. The van der Waals surface area contributed by atoms with Crippen molar-refractivity contribution < 1.29 is 9.50 Å². The van der Waals surface area contributed by atoms with Crippen LogP contribution in [0.15, 0.2) is 12.3 Å². The number of aromatic nitrogens is 1. The van der Waals surface area contributed by atoms with Gasteiger partial charge >= 0.3 is 0 Å². The Balaban J connectivity index is 2.97. The summed E-state index contributed by atoms with van der Waals surface area (Å²) in [6, 6.07) is 1.61. The van der Waals surface area contributed by atoms with Crippen LogP contribution in [0.2, 0.25) is 0 Å². The number of aliphatic hydroxyl groups is 1. The highest BCUT2D eigenvalue weighted by atomic mass is 19.1. The molecule has 0 aromatic carbocycles. The van der Waals surface area contributed by atoms with Gasteiger partial charge in [-0.25, -0.2) is 4.98 Å². The largest absolute Gasteiger partial charge is 0.389 e. The Morgan fingerprint density at radius 2 is 2.38 bits per heavy atom. The summed E-state index contributed by atoms with van der Waals surface area (Å²) in [7, 11) is 1.73. The molecule has 0 fully saturated rings. The van der Waals surface area contributed by atoms with Gasteiger partial charge in [-0.2, -0.15) is 4.39 Å². The number of aliphatic hydroxyl groups excluding tert-OH is 1. The first-order valence-electron chi connectivity index (χ1n) is 4.12. The number of rotatable bonds is 3. The van der Waals surface area contributed by atoms with Crippen molar-refractivity contribution in [3.63, 3.8) is 0 Å². The summed E-state index contributed by atoms with van der Waals surface area (Å²) in [6.45, 7) is 2.04. The molecule has 0 spiro atoms. The van der Waals surface area contributed by atoms with Gasteiger partial charge in [0, 0.05) is 18.3 Å². The van der Waals surface area contributed by atoms with Crippen LogP contribution in [0, 0.1) is 5.95 Å². The quantitative estimate of drug-likeness (QED) is 0.689. The summed E-state index contributed by atoms with van der Waals surface area (Å²) < 4.78 is 13.0. The van der Waals surface area contributed by atoms with Gasteiger partial charge < -0.3 is 10.4 Å². The highest BCUT2D eigenvalue weighted by molar-refractivity contribution is 5.20. The molecule has 0 radical (unpaired) electrons. The second kappa shape index (κ2) is 4.30. The molecule has 0 bridgehead atoms. The molecule has 1 aromatic heterocycles. The van der Waals surface area contributed by atoms with Crippen molar-refractivity contribution in [2.75, 3.05) is 7.05 Å². The lowest BCUT2D eigenvalue weighted by Crippen LogP contribution is -2.09. The van der Waals surface area contributed by atoms with E-state index in [1.165, 1.54) is 6.20 Å². The van der Waals surface area contributed by atoms with Crippen molar-refractivity contribution in [1.29, 1.82) is 0 Å². The molecule has 1 aromatic rings. The SMILES string of the molecule is CNCc1cc(C(C)O)cnc1F. The zero-order valence-electron chi connectivity index (χ0n) is 7.71. The fourth-order valence-electron chi connectivity index (χ4n) is 1.06. The van der Waals surface area contributed by atoms with Crippen LogP contribution in [-0.4, -0.2) is 17.1 Å². The molecule has 1 heterocycles. The van der Waals surface area contributed by atoms with Gasteiger partial charge in [0.15, 0.2) is 0 Å². The lowest BCUT2D eigenvalue weighted by Gasteiger charge is -2.07. The first kappa shape index (κ1) is 10.1. The summed E-state index contributed by atoms with van der Waals surface area (Å²) in [6.07, 6.45) is 0.739. The van der Waals surface area contributed by atoms with E-state index in [4.69, 9.17) is 0 Å². The lowest BCUT2D eigenvalue weighted by atomic mass is 10.1. The smallest absolute Gasteiger partial charge is 0.217 e. The zero-order valence-corrected chi connectivity index (χ0v) is 7.71. The lowest BCUT2D eigenvalue weighted by molar-refractivity contribution is 0.198. The van der Waals surface area contributed by atoms with Crippen LogP contribution < -0.4 is 5.32 Å². The normalized spacial score (nSPS) is 12.9. The Hall–Kier alpha value is -1.00. The third-order valence-electron chi connectivity index (χ3n) is 1.78. The highest BCUT2D eigenvalue weighted by Crippen LogP contribution is 2.14. The molecule has 13 heavy (non-hydrogen) atoms. The molecule has 0 aliphatic carbocycles. The standard InChI is InChI=1S/C9H13FN2O/c1-6(13)7-3-8(4-11-2)9(10)12-5-7/h3,5-6,11,13H,4H2,1-2H3. The summed E-state index contributed by atoms with van der Waals surface area (Å²) in [4.78, 5) is 3.55. The van der Waals surface area contributed by atoms with Gasteiger partial charge in [0.2, 0.25) is 5.95 Å². The van der Waals surface area contributed by atoms with Crippen LogP contribution in [0.25, 0.3) is 0 Å². The second-order valence-corrected chi connectivity index (χ2v) is 2.92. The Morgan fingerprint density at radius 1 is 1.69 bits per heavy atom. The third-order valence-corrected chi connectivity index (χ3v) is 1.78. The predicted octanol–water partition coefficient (Wildman–Crippen LogP) is 0.993. The number of halogens is 1. The maximum atomic E-state index is 13.0. The molecule has 72 valence electrons. The van der Waals surface area contributed by atoms with Crippen LogP contribution in [-0.2, 0) is 6.54 Å². The number of nitrogens with one attached hydrogen (secondary N) is 1. The van der Waals surface area contributed by atoms with Crippen molar-refractivity contribution in [3.8, 4) is 0 Å². The fourth-order valence-corrected chi connectivity index (χ4v) is 1.06. The molecule has 0 saturated carbocycles. The van der Waals surface area contributed by atoms with E-state index in [9.17, 15) is 9.50 Å². The molecule has 2 N–H and O–H groups in total. The van der Waals surface area contributed by atoms with Gasteiger partial charge in [0.25, 0.3) is 0 Å². The molecule has 0 amide bonds. The zero-order chi connectivity index (χ0) is 9.84. The first-order chi connectivity index (χ1) is 6.15. The summed E-state index contributed by atoms with van der Waals surface area (Å²) in [5.74, 6) is -0.487. The molecule has 1 atom stereocenters. The summed E-state index contributed by atoms with van der Waals surface area (Å²) in [5, 5.41) is 12.1. The number of nitrogens with zero attached hydrogens (tertiary/aromatic N) is 1. The molecule has 0 aliphatic rings. The average molecular weight is 184 g/mol. The van der Waals surface area contributed by atoms with E-state index in [0.29, 0.717) is 17.7 Å². The highest BCUT2D eigenvalue weighted by Gasteiger charge is 2.07. The predicted molar refractivity (Wildman–Crippen MR) is 47.6 cm³/mol. The van der Waals surface area contributed by atoms with Crippen LogP contribution >= 0.6 is 0 Å². The van der Waals surface area contributed by atoms with Crippen molar-refractivity contribution in [1.82, 2.24) is 10.3 Å². The van der Waals surface area contributed by atoms with E-state index in [2.05, 4.69) is 10.3 Å². The molecule has 1 unspecified atom stereocenters. The minimum Gasteiger partial charge on any atom is -0.389 e. The van der Waals surface area contributed by atoms with Crippen molar-refractivity contribution >= 4 is 0 Å². The van der Waals surface area contributed by atoms with Crippen LogP contribution in [0.5, 0.6) is 0 Å². The maximum Gasteiger partial charge on any atom is 0.217 e. The average Bonchev–Trinajstić information content (AvgIpc) is 2.08. The summed E-state index contributed by atoms with van der Waals surface area (Å²) in [5.41, 5.74) is 1.10. The van der Waals surface area contributed by atoms with E-state index >= 15 is 0 Å². The molecule has 4 heteroatoms. The number of pyridine rings is 1. The van der Waals surface area contributed by atoms with E-state index in [1.54, 1.807) is 20.0 Å². The molecular formula is C9H13FN2O. The Kier molecular flexibility index (Phi) is 3.33. The Morgan fingerprint density at radius 3 is 2.92 bits per heavy atom. The first-order valence-corrected chi connectivity index (χ1v) is 4.12. The van der Waals surface area contributed by atoms with Gasteiger partial charge in [0.05, 0.1) is 6.10 Å². The van der Waals surface area contributed by atoms with Gasteiger partial charge in [-0.1, -0.05) is 0 Å². The Bertz CT molecular complexity index is 289. The van der Waals surface area contributed by atoms with Crippen LogP contribution in [0.1, 0.15) is 24.2 Å². The van der Waals surface area contributed by atoms with Gasteiger partial charge in [-0.15, -0.1) is 0 Å². The van der Waals surface area contributed by atoms with Crippen molar-refractivity contribution in [2.45, 2.75) is 19.6 Å². The minimum atomic E-state index is -0.608. The third kappa shape index (κ3) is 2.47. The van der Waals surface area contributed by atoms with Gasteiger partial charge in [0.1, 0.15) is 0 Å². The van der Waals surface area contributed by atoms with Crippen LogP contribution in [0.3, 0.4) is 0 Å². The van der Waals surface area contributed by atoms with Gasteiger partial charge in [-0.3, -0.25) is 0 Å². The molecule has 1 rings (SSSR count). The van der Waals surface area contributed by atoms with Gasteiger partial charge in [-0.05, 0) is 25.6 Å². The molecular weight excluding hydrogens is 171 g/mol. The minimum absolute atomic E-state index is 0.416.